The molecule has 0 saturated carbocycles. The molecule has 1 aromatic rings. The molecule has 0 aromatic heterocycles. The van der Waals surface area contributed by atoms with E-state index in [-0.39, 0.29) is 0 Å². The summed E-state index contributed by atoms with van der Waals surface area (Å²) in [6.45, 7) is 5.83. The highest BCUT2D eigenvalue weighted by molar-refractivity contribution is 5.13. The maximum Gasteiger partial charge on any atom is 0.0206 e. The smallest absolute Gasteiger partial charge is 0.0206 e. The summed E-state index contributed by atoms with van der Waals surface area (Å²) in [5.41, 5.74) is 1.32. The summed E-state index contributed by atoms with van der Waals surface area (Å²) < 4.78 is 0. The lowest BCUT2D eigenvalue weighted by atomic mass is 10.1. The van der Waals surface area contributed by atoms with E-state index in [2.05, 4.69) is 22.3 Å². The van der Waals surface area contributed by atoms with Gasteiger partial charge in [-0.2, -0.15) is 0 Å². The molecule has 0 bridgehead atoms. The van der Waals surface area contributed by atoms with Gasteiger partial charge < -0.3 is 10.2 Å². The first-order chi connectivity index (χ1) is 7.95. The van der Waals surface area contributed by atoms with Crippen LogP contribution in [0.2, 0.25) is 0 Å². The van der Waals surface area contributed by atoms with Crippen molar-refractivity contribution in [2.24, 2.45) is 0 Å². The molecule has 0 amide bonds. The molecule has 1 aliphatic heterocycles. The summed E-state index contributed by atoms with van der Waals surface area (Å²) in [7, 11) is 0. The zero-order valence-corrected chi connectivity index (χ0v) is 9.91. The van der Waals surface area contributed by atoms with Gasteiger partial charge in [0.25, 0.3) is 0 Å². The fourth-order valence-electron chi connectivity index (χ4n) is 2.19. The lowest BCUT2D eigenvalue weighted by Crippen LogP contribution is -2.35. The van der Waals surface area contributed by atoms with Crippen molar-refractivity contribution in [3.63, 3.8) is 0 Å². The SMILES string of the molecule is [c]1cccc(CNCCN2CCCCC2)c1. The van der Waals surface area contributed by atoms with Crippen LogP contribution < -0.4 is 5.32 Å². The molecule has 0 unspecified atom stereocenters. The van der Waals surface area contributed by atoms with Crippen LogP contribution in [0.4, 0.5) is 0 Å². The third-order valence-electron chi connectivity index (χ3n) is 3.15. The van der Waals surface area contributed by atoms with Crippen LogP contribution in [0.25, 0.3) is 0 Å². The van der Waals surface area contributed by atoms with Gasteiger partial charge in [-0.3, -0.25) is 0 Å². The Morgan fingerprint density at radius 2 is 2.12 bits per heavy atom. The normalized spacial score (nSPS) is 17.5. The summed E-state index contributed by atoms with van der Waals surface area (Å²) in [5.74, 6) is 0. The molecular weight excluding hydrogens is 196 g/mol. The van der Waals surface area contributed by atoms with Crippen molar-refractivity contribution < 1.29 is 0 Å². The second-order valence-electron chi connectivity index (χ2n) is 4.49. The van der Waals surface area contributed by atoms with Gasteiger partial charge in [-0.05, 0) is 43.6 Å². The first-order valence-electron chi connectivity index (χ1n) is 6.33. The van der Waals surface area contributed by atoms with Crippen LogP contribution in [0.1, 0.15) is 24.8 Å². The molecular formula is C14H21N2. The van der Waals surface area contributed by atoms with E-state index in [1.54, 1.807) is 0 Å². The van der Waals surface area contributed by atoms with Crippen molar-refractivity contribution in [1.82, 2.24) is 10.2 Å². The summed E-state index contributed by atoms with van der Waals surface area (Å²) in [6.07, 6.45) is 4.19. The minimum absolute atomic E-state index is 0.963. The fourth-order valence-corrected chi connectivity index (χ4v) is 2.19. The number of piperidine rings is 1. The van der Waals surface area contributed by atoms with Gasteiger partial charge in [-0.25, -0.2) is 0 Å². The van der Waals surface area contributed by atoms with Crippen molar-refractivity contribution in [2.45, 2.75) is 25.8 Å². The minimum Gasteiger partial charge on any atom is -0.311 e. The molecule has 1 fully saturated rings. The van der Waals surface area contributed by atoms with Crippen LogP contribution in [0, 0.1) is 6.07 Å². The monoisotopic (exact) mass is 217 g/mol. The third kappa shape index (κ3) is 3.95. The van der Waals surface area contributed by atoms with E-state index in [1.165, 1.54) is 44.5 Å². The number of hydrogen-bond donors (Lipinski definition) is 1. The van der Waals surface area contributed by atoms with E-state index >= 15 is 0 Å². The Balaban J connectivity index is 1.58. The molecule has 87 valence electrons. The molecule has 1 aliphatic rings. The largest absolute Gasteiger partial charge is 0.311 e. The summed E-state index contributed by atoms with van der Waals surface area (Å²) in [6, 6.07) is 11.3. The highest BCUT2D eigenvalue weighted by Gasteiger charge is 2.08. The first kappa shape index (κ1) is 11.6. The van der Waals surface area contributed by atoms with Crippen LogP contribution >= 0.6 is 0 Å². The van der Waals surface area contributed by atoms with Crippen molar-refractivity contribution in [1.29, 1.82) is 0 Å². The van der Waals surface area contributed by atoms with Gasteiger partial charge in [0.2, 0.25) is 0 Å². The Morgan fingerprint density at radius 1 is 1.25 bits per heavy atom. The predicted octanol–water partition coefficient (Wildman–Crippen LogP) is 2.06. The van der Waals surface area contributed by atoms with E-state index < -0.39 is 0 Å². The number of nitrogens with zero attached hydrogens (tertiary/aromatic N) is 1. The molecule has 1 radical (unpaired) electrons. The lowest BCUT2D eigenvalue weighted by molar-refractivity contribution is 0.229. The summed E-state index contributed by atoms with van der Waals surface area (Å²) >= 11 is 0. The van der Waals surface area contributed by atoms with Gasteiger partial charge in [-0.1, -0.05) is 24.6 Å². The first-order valence-corrected chi connectivity index (χ1v) is 6.33. The van der Waals surface area contributed by atoms with Crippen LogP contribution in [-0.4, -0.2) is 31.1 Å². The van der Waals surface area contributed by atoms with Crippen LogP contribution in [0.15, 0.2) is 24.3 Å². The van der Waals surface area contributed by atoms with Gasteiger partial charge in [0.15, 0.2) is 0 Å². The molecule has 1 saturated heterocycles. The zero-order valence-electron chi connectivity index (χ0n) is 9.91. The van der Waals surface area contributed by atoms with Crippen LogP contribution in [-0.2, 0) is 6.54 Å². The molecule has 16 heavy (non-hydrogen) atoms. The highest BCUT2D eigenvalue weighted by Crippen LogP contribution is 2.07. The topological polar surface area (TPSA) is 15.3 Å². The lowest BCUT2D eigenvalue weighted by Gasteiger charge is -2.26. The second-order valence-corrected chi connectivity index (χ2v) is 4.49. The number of nitrogens with one attached hydrogen (secondary N) is 1. The van der Waals surface area contributed by atoms with Gasteiger partial charge in [0.05, 0.1) is 0 Å². The Morgan fingerprint density at radius 3 is 2.88 bits per heavy atom. The van der Waals surface area contributed by atoms with E-state index in [9.17, 15) is 0 Å². The summed E-state index contributed by atoms with van der Waals surface area (Å²) in [4.78, 5) is 2.56. The van der Waals surface area contributed by atoms with Gasteiger partial charge in [0, 0.05) is 19.6 Å². The van der Waals surface area contributed by atoms with Crippen LogP contribution in [0.3, 0.4) is 0 Å². The number of rotatable bonds is 5. The maximum absolute atomic E-state index is 3.49. The van der Waals surface area contributed by atoms with Gasteiger partial charge in [0.1, 0.15) is 0 Å². The Kier molecular flexibility index (Phi) is 4.84. The number of benzene rings is 1. The van der Waals surface area contributed by atoms with Crippen molar-refractivity contribution >= 4 is 0 Å². The molecule has 2 nitrogen and oxygen atoms in total. The summed E-state index contributed by atoms with van der Waals surface area (Å²) in [5, 5.41) is 3.49. The van der Waals surface area contributed by atoms with E-state index in [4.69, 9.17) is 0 Å². The van der Waals surface area contributed by atoms with E-state index in [1.807, 2.05) is 18.2 Å². The molecule has 2 heteroatoms. The van der Waals surface area contributed by atoms with Crippen molar-refractivity contribution in [2.75, 3.05) is 26.2 Å². The molecule has 0 atom stereocenters. The number of hydrogen-bond acceptors (Lipinski definition) is 2. The third-order valence-corrected chi connectivity index (χ3v) is 3.15. The maximum atomic E-state index is 3.49. The molecule has 1 aromatic carbocycles. The highest BCUT2D eigenvalue weighted by atomic mass is 15.1. The standard InChI is InChI=1S/C14H21N2/c1-3-7-14(8-4-1)13-15-9-12-16-10-5-2-6-11-16/h1,3,7-8,15H,2,5-6,9-13H2. The zero-order chi connectivity index (χ0) is 11.1. The number of likely N-dealkylation sites (tertiary alicyclic amines) is 1. The quantitative estimate of drug-likeness (QED) is 0.760. The van der Waals surface area contributed by atoms with E-state index in [0.717, 1.165) is 13.1 Å². The predicted molar refractivity (Wildman–Crippen MR) is 67.3 cm³/mol. The Labute approximate surface area is 98.7 Å². The molecule has 2 rings (SSSR count). The molecule has 0 spiro atoms. The Hall–Kier alpha value is -0.860. The van der Waals surface area contributed by atoms with Gasteiger partial charge >= 0.3 is 0 Å². The average Bonchev–Trinajstić information content (AvgIpc) is 2.37. The second kappa shape index (κ2) is 6.66. The Bertz CT molecular complexity index is 278. The molecule has 1 heterocycles. The fraction of sp³-hybridized carbons (Fsp3) is 0.571. The van der Waals surface area contributed by atoms with Crippen LogP contribution in [0.5, 0.6) is 0 Å². The molecule has 0 aliphatic carbocycles. The van der Waals surface area contributed by atoms with E-state index in [0.29, 0.717) is 0 Å². The average molecular weight is 217 g/mol. The van der Waals surface area contributed by atoms with Crippen molar-refractivity contribution in [3.8, 4) is 0 Å². The molecule has 1 N–H and O–H groups in total. The minimum atomic E-state index is 0.963. The van der Waals surface area contributed by atoms with Gasteiger partial charge in [-0.15, -0.1) is 0 Å². The van der Waals surface area contributed by atoms with Crippen molar-refractivity contribution in [3.05, 3.63) is 35.9 Å².